The lowest BCUT2D eigenvalue weighted by atomic mass is 9.92. The SMILES string of the molecule is COC(=O)C(C)CNC(=O)[C@H]1CCN[C@@H](C)C1.Cl. The van der Waals surface area contributed by atoms with Crippen molar-refractivity contribution in [3.8, 4) is 0 Å². The van der Waals surface area contributed by atoms with Gasteiger partial charge >= 0.3 is 5.97 Å². The van der Waals surface area contributed by atoms with Crippen molar-refractivity contribution in [1.82, 2.24) is 10.6 Å². The lowest BCUT2D eigenvalue weighted by Gasteiger charge is -2.27. The molecule has 6 heteroatoms. The van der Waals surface area contributed by atoms with E-state index in [4.69, 9.17) is 0 Å². The Labute approximate surface area is 114 Å². The summed E-state index contributed by atoms with van der Waals surface area (Å²) in [7, 11) is 1.36. The fraction of sp³-hybridized carbons (Fsp3) is 0.833. The average Bonchev–Trinajstić information content (AvgIpc) is 2.34. The van der Waals surface area contributed by atoms with E-state index in [9.17, 15) is 9.59 Å². The number of hydrogen-bond donors (Lipinski definition) is 2. The molecule has 0 aromatic rings. The highest BCUT2D eigenvalue weighted by Gasteiger charge is 2.25. The molecule has 18 heavy (non-hydrogen) atoms. The maximum absolute atomic E-state index is 11.9. The number of methoxy groups -OCH3 is 1. The molecule has 106 valence electrons. The van der Waals surface area contributed by atoms with Crippen molar-refractivity contribution in [2.45, 2.75) is 32.7 Å². The Balaban J connectivity index is 0.00000289. The highest BCUT2D eigenvalue weighted by molar-refractivity contribution is 5.85. The van der Waals surface area contributed by atoms with Crippen LogP contribution in [0.4, 0.5) is 0 Å². The molecule has 1 aliphatic rings. The predicted octanol–water partition coefficient (Wildman–Crippen LogP) is 0.722. The summed E-state index contributed by atoms with van der Waals surface area (Å²) in [6.45, 7) is 5.06. The molecule has 1 saturated heterocycles. The van der Waals surface area contributed by atoms with Gasteiger partial charge in [0.25, 0.3) is 0 Å². The number of carbonyl (C=O) groups excluding carboxylic acids is 2. The number of ether oxygens (including phenoxy) is 1. The monoisotopic (exact) mass is 278 g/mol. The molecule has 1 fully saturated rings. The van der Waals surface area contributed by atoms with Crippen LogP contribution in [0.5, 0.6) is 0 Å². The van der Waals surface area contributed by atoms with E-state index in [-0.39, 0.29) is 36.1 Å². The first kappa shape index (κ1) is 17.2. The summed E-state index contributed by atoms with van der Waals surface area (Å²) in [4.78, 5) is 23.0. The molecule has 1 aliphatic heterocycles. The van der Waals surface area contributed by atoms with Crippen molar-refractivity contribution in [3.05, 3.63) is 0 Å². The van der Waals surface area contributed by atoms with Gasteiger partial charge in [-0.05, 0) is 26.3 Å². The van der Waals surface area contributed by atoms with E-state index < -0.39 is 0 Å². The summed E-state index contributed by atoms with van der Waals surface area (Å²) in [6.07, 6.45) is 1.72. The Morgan fingerprint density at radius 2 is 2.17 bits per heavy atom. The van der Waals surface area contributed by atoms with E-state index in [1.54, 1.807) is 6.92 Å². The molecule has 1 rings (SSSR count). The van der Waals surface area contributed by atoms with Crippen LogP contribution in [0.25, 0.3) is 0 Å². The van der Waals surface area contributed by atoms with E-state index in [0.29, 0.717) is 12.6 Å². The van der Waals surface area contributed by atoms with Gasteiger partial charge in [-0.1, -0.05) is 6.92 Å². The summed E-state index contributed by atoms with van der Waals surface area (Å²) in [5, 5.41) is 6.13. The molecule has 0 bridgehead atoms. The lowest BCUT2D eigenvalue weighted by Crippen LogP contribution is -2.43. The Morgan fingerprint density at radius 3 is 2.72 bits per heavy atom. The zero-order valence-corrected chi connectivity index (χ0v) is 12.0. The summed E-state index contributed by atoms with van der Waals surface area (Å²) >= 11 is 0. The number of carbonyl (C=O) groups is 2. The summed E-state index contributed by atoms with van der Waals surface area (Å²) < 4.78 is 4.61. The predicted molar refractivity (Wildman–Crippen MR) is 71.6 cm³/mol. The van der Waals surface area contributed by atoms with Gasteiger partial charge in [0.05, 0.1) is 13.0 Å². The van der Waals surface area contributed by atoms with E-state index in [1.807, 2.05) is 0 Å². The zero-order valence-electron chi connectivity index (χ0n) is 11.2. The van der Waals surface area contributed by atoms with E-state index in [0.717, 1.165) is 19.4 Å². The number of hydrogen-bond acceptors (Lipinski definition) is 4. The maximum atomic E-state index is 11.9. The Kier molecular flexibility index (Phi) is 7.95. The van der Waals surface area contributed by atoms with Gasteiger partial charge < -0.3 is 15.4 Å². The van der Waals surface area contributed by atoms with E-state index in [2.05, 4.69) is 22.3 Å². The van der Waals surface area contributed by atoms with Crippen LogP contribution in [0.3, 0.4) is 0 Å². The summed E-state index contributed by atoms with van der Waals surface area (Å²) in [5.74, 6) is -0.461. The molecule has 2 N–H and O–H groups in total. The molecule has 3 atom stereocenters. The molecule has 5 nitrogen and oxygen atoms in total. The van der Waals surface area contributed by atoms with Crippen LogP contribution < -0.4 is 10.6 Å². The molecule has 0 saturated carbocycles. The lowest BCUT2D eigenvalue weighted by molar-refractivity contribution is -0.144. The standard InChI is InChI=1S/C12H22N2O3.ClH/c1-8(12(16)17-3)7-14-11(15)10-4-5-13-9(2)6-10;/h8-10,13H,4-7H2,1-3H3,(H,14,15);1H/t8?,9-,10-;/m0./s1. The first-order valence-electron chi connectivity index (χ1n) is 6.13. The molecule has 0 aromatic carbocycles. The van der Waals surface area contributed by atoms with E-state index in [1.165, 1.54) is 7.11 Å². The molecule has 0 radical (unpaired) electrons. The summed E-state index contributed by atoms with van der Waals surface area (Å²) in [5.41, 5.74) is 0. The van der Waals surface area contributed by atoms with Gasteiger partial charge in [-0.2, -0.15) is 0 Å². The fourth-order valence-electron chi connectivity index (χ4n) is 2.05. The Morgan fingerprint density at radius 1 is 1.50 bits per heavy atom. The molecule has 0 spiro atoms. The number of rotatable bonds is 4. The molecule has 1 heterocycles. The van der Waals surface area contributed by atoms with Crippen LogP contribution in [0.1, 0.15) is 26.7 Å². The van der Waals surface area contributed by atoms with Crippen molar-refractivity contribution < 1.29 is 14.3 Å². The van der Waals surface area contributed by atoms with Crippen LogP contribution in [0, 0.1) is 11.8 Å². The van der Waals surface area contributed by atoms with Crippen molar-refractivity contribution in [3.63, 3.8) is 0 Å². The first-order valence-corrected chi connectivity index (χ1v) is 6.13. The minimum Gasteiger partial charge on any atom is -0.469 e. The summed E-state index contributed by atoms with van der Waals surface area (Å²) in [6, 6.07) is 0.387. The zero-order chi connectivity index (χ0) is 12.8. The third-order valence-electron chi connectivity index (χ3n) is 3.18. The van der Waals surface area contributed by atoms with Gasteiger partial charge in [0.1, 0.15) is 0 Å². The maximum Gasteiger partial charge on any atom is 0.310 e. The molecular weight excluding hydrogens is 256 g/mol. The Bertz CT molecular complexity index is 286. The minimum atomic E-state index is -0.289. The van der Waals surface area contributed by atoms with Gasteiger partial charge in [-0.15, -0.1) is 12.4 Å². The first-order chi connectivity index (χ1) is 8.04. The number of nitrogens with one attached hydrogen (secondary N) is 2. The van der Waals surface area contributed by atoms with Gasteiger partial charge in [-0.3, -0.25) is 9.59 Å². The number of esters is 1. The second-order valence-electron chi connectivity index (χ2n) is 4.75. The largest absolute Gasteiger partial charge is 0.469 e. The molecule has 0 aliphatic carbocycles. The minimum absolute atomic E-state index is 0. The van der Waals surface area contributed by atoms with Crippen molar-refractivity contribution >= 4 is 24.3 Å². The second kappa shape index (κ2) is 8.32. The fourth-order valence-corrected chi connectivity index (χ4v) is 2.05. The average molecular weight is 279 g/mol. The molecular formula is C12H23ClN2O3. The third-order valence-corrected chi connectivity index (χ3v) is 3.18. The highest BCUT2D eigenvalue weighted by atomic mass is 35.5. The smallest absolute Gasteiger partial charge is 0.310 e. The second-order valence-corrected chi connectivity index (χ2v) is 4.75. The number of halogens is 1. The number of piperidine rings is 1. The normalized spacial score (nSPS) is 24.6. The van der Waals surface area contributed by atoms with Crippen LogP contribution in [0.2, 0.25) is 0 Å². The molecule has 1 amide bonds. The van der Waals surface area contributed by atoms with Gasteiger partial charge in [0, 0.05) is 18.5 Å². The topological polar surface area (TPSA) is 67.4 Å². The van der Waals surface area contributed by atoms with Gasteiger partial charge in [0.2, 0.25) is 5.91 Å². The van der Waals surface area contributed by atoms with Gasteiger partial charge in [0.15, 0.2) is 0 Å². The quantitative estimate of drug-likeness (QED) is 0.744. The molecule has 0 aromatic heterocycles. The third kappa shape index (κ3) is 5.23. The van der Waals surface area contributed by atoms with Crippen LogP contribution >= 0.6 is 12.4 Å². The van der Waals surface area contributed by atoms with Crippen LogP contribution in [-0.2, 0) is 14.3 Å². The van der Waals surface area contributed by atoms with Crippen molar-refractivity contribution in [2.75, 3.05) is 20.2 Å². The highest BCUT2D eigenvalue weighted by Crippen LogP contribution is 2.16. The number of amides is 1. The Hall–Kier alpha value is -0.810. The van der Waals surface area contributed by atoms with Gasteiger partial charge in [-0.25, -0.2) is 0 Å². The van der Waals surface area contributed by atoms with Crippen molar-refractivity contribution in [2.24, 2.45) is 11.8 Å². The van der Waals surface area contributed by atoms with Crippen LogP contribution in [0.15, 0.2) is 0 Å². The van der Waals surface area contributed by atoms with Crippen LogP contribution in [-0.4, -0.2) is 38.1 Å². The van der Waals surface area contributed by atoms with E-state index >= 15 is 0 Å². The van der Waals surface area contributed by atoms with Crippen molar-refractivity contribution in [1.29, 1.82) is 0 Å². The molecule has 1 unspecified atom stereocenters.